The molecule has 2 rings (SSSR count). The molecular weight excluding hydrogens is 254 g/mol. The van der Waals surface area contributed by atoms with Crippen LogP contribution in [0.25, 0.3) is 0 Å². The van der Waals surface area contributed by atoms with Crippen LogP contribution in [0, 0.1) is 13.8 Å². The highest BCUT2D eigenvalue weighted by atomic mass is 16.2. The molecular formula is C15H15N3O2. The summed E-state index contributed by atoms with van der Waals surface area (Å²) in [7, 11) is 0. The highest BCUT2D eigenvalue weighted by Gasteiger charge is 2.14. The maximum Gasteiger partial charge on any atom is 0.315 e. The Hall–Kier alpha value is -2.69. The van der Waals surface area contributed by atoms with E-state index in [0.29, 0.717) is 11.5 Å². The highest BCUT2D eigenvalue weighted by molar-refractivity contribution is 6.43. The summed E-state index contributed by atoms with van der Waals surface area (Å²) >= 11 is 0. The molecule has 0 saturated carbocycles. The summed E-state index contributed by atoms with van der Waals surface area (Å²) in [5, 5.41) is 4.98. The molecule has 0 atom stereocenters. The lowest BCUT2D eigenvalue weighted by Crippen LogP contribution is -2.29. The molecule has 102 valence electrons. The first-order chi connectivity index (χ1) is 9.54. The number of amides is 2. The summed E-state index contributed by atoms with van der Waals surface area (Å²) in [5.74, 6) is -1.12. The van der Waals surface area contributed by atoms with E-state index < -0.39 is 11.8 Å². The number of aromatic nitrogens is 1. The molecule has 20 heavy (non-hydrogen) atoms. The van der Waals surface area contributed by atoms with E-state index in [1.165, 1.54) is 0 Å². The molecule has 0 saturated heterocycles. The predicted molar refractivity (Wildman–Crippen MR) is 77.4 cm³/mol. The van der Waals surface area contributed by atoms with Crippen molar-refractivity contribution in [2.24, 2.45) is 0 Å². The average molecular weight is 269 g/mol. The summed E-state index contributed by atoms with van der Waals surface area (Å²) in [4.78, 5) is 27.4. The molecule has 0 spiro atoms. The van der Waals surface area contributed by atoms with Gasteiger partial charge >= 0.3 is 11.8 Å². The van der Waals surface area contributed by atoms with E-state index >= 15 is 0 Å². The fourth-order valence-corrected chi connectivity index (χ4v) is 1.60. The molecule has 0 fully saturated rings. The van der Waals surface area contributed by atoms with Crippen LogP contribution >= 0.6 is 0 Å². The second-order valence-electron chi connectivity index (χ2n) is 4.49. The second kappa shape index (κ2) is 5.97. The van der Waals surface area contributed by atoms with Crippen molar-refractivity contribution in [3.8, 4) is 0 Å². The zero-order valence-corrected chi connectivity index (χ0v) is 11.3. The number of carbonyl (C=O) groups is 2. The number of hydrogen-bond acceptors (Lipinski definition) is 3. The molecule has 1 aromatic carbocycles. The highest BCUT2D eigenvalue weighted by Crippen LogP contribution is 2.09. The van der Waals surface area contributed by atoms with Crippen LogP contribution in [-0.4, -0.2) is 16.8 Å². The Morgan fingerprint density at radius 1 is 0.900 bits per heavy atom. The van der Waals surface area contributed by atoms with E-state index in [2.05, 4.69) is 15.6 Å². The lowest BCUT2D eigenvalue weighted by Gasteiger charge is -2.06. The van der Waals surface area contributed by atoms with E-state index in [9.17, 15) is 9.59 Å². The standard InChI is InChI=1S/C15H15N3O2/c1-10-3-5-12(6-4-10)17-14(19)15(20)18-13-9-11(2)7-8-16-13/h3-9H,1-2H3,(H,17,19)(H,16,18,20). The van der Waals surface area contributed by atoms with E-state index in [0.717, 1.165) is 11.1 Å². The van der Waals surface area contributed by atoms with Gasteiger partial charge < -0.3 is 10.6 Å². The molecule has 0 bridgehead atoms. The minimum Gasteiger partial charge on any atom is -0.318 e. The van der Waals surface area contributed by atoms with Crippen LogP contribution in [0.4, 0.5) is 11.5 Å². The number of nitrogens with one attached hydrogen (secondary N) is 2. The Balaban J connectivity index is 1.98. The first kappa shape index (κ1) is 13.7. The van der Waals surface area contributed by atoms with Crippen LogP contribution in [0.1, 0.15) is 11.1 Å². The van der Waals surface area contributed by atoms with Crippen molar-refractivity contribution in [1.82, 2.24) is 4.98 Å². The van der Waals surface area contributed by atoms with Crippen LogP contribution in [-0.2, 0) is 9.59 Å². The summed E-state index contributed by atoms with van der Waals surface area (Å²) in [6.07, 6.45) is 1.57. The lowest BCUT2D eigenvalue weighted by atomic mass is 10.2. The Morgan fingerprint density at radius 2 is 1.55 bits per heavy atom. The molecule has 0 unspecified atom stereocenters. The normalized spacial score (nSPS) is 9.90. The van der Waals surface area contributed by atoms with Gasteiger partial charge in [0.25, 0.3) is 0 Å². The van der Waals surface area contributed by atoms with Crippen molar-refractivity contribution in [1.29, 1.82) is 0 Å². The van der Waals surface area contributed by atoms with Gasteiger partial charge in [-0.1, -0.05) is 17.7 Å². The molecule has 5 nitrogen and oxygen atoms in total. The van der Waals surface area contributed by atoms with E-state index in [4.69, 9.17) is 0 Å². The van der Waals surface area contributed by atoms with Gasteiger partial charge in [-0.25, -0.2) is 4.98 Å². The first-order valence-electron chi connectivity index (χ1n) is 6.16. The van der Waals surface area contributed by atoms with Crippen LogP contribution in [0.3, 0.4) is 0 Å². The second-order valence-corrected chi connectivity index (χ2v) is 4.49. The number of nitrogens with zero attached hydrogens (tertiary/aromatic N) is 1. The summed E-state index contributed by atoms with van der Waals surface area (Å²) in [5.41, 5.74) is 2.61. The van der Waals surface area contributed by atoms with Gasteiger partial charge in [-0.3, -0.25) is 9.59 Å². The third kappa shape index (κ3) is 3.65. The fourth-order valence-electron chi connectivity index (χ4n) is 1.60. The van der Waals surface area contributed by atoms with E-state index in [1.54, 1.807) is 24.4 Å². The van der Waals surface area contributed by atoms with Gasteiger partial charge in [-0.2, -0.15) is 0 Å². The van der Waals surface area contributed by atoms with Crippen molar-refractivity contribution < 1.29 is 9.59 Å². The number of benzene rings is 1. The zero-order valence-electron chi connectivity index (χ0n) is 11.3. The van der Waals surface area contributed by atoms with E-state index in [-0.39, 0.29) is 0 Å². The smallest absolute Gasteiger partial charge is 0.315 e. The molecule has 5 heteroatoms. The number of hydrogen-bond donors (Lipinski definition) is 2. The van der Waals surface area contributed by atoms with Gasteiger partial charge in [0.1, 0.15) is 5.82 Å². The maximum absolute atomic E-state index is 11.7. The third-order valence-corrected chi connectivity index (χ3v) is 2.67. The summed E-state index contributed by atoms with van der Waals surface area (Å²) in [6.45, 7) is 3.82. The number of aryl methyl sites for hydroxylation is 2. The third-order valence-electron chi connectivity index (χ3n) is 2.67. The van der Waals surface area contributed by atoms with Crippen LogP contribution in [0.15, 0.2) is 42.6 Å². The summed E-state index contributed by atoms with van der Waals surface area (Å²) in [6, 6.07) is 10.7. The van der Waals surface area contributed by atoms with Crippen molar-refractivity contribution in [2.45, 2.75) is 13.8 Å². The number of rotatable bonds is 2. The molecule has 0 aliphatic carbocycles. The van der Waals surface area contributed by atoms with Crippen molar-refractivity contribution in [3.63, 3.8) is 0 Å². The minimum absolute atomic E-state index is 0.356. The Labute approximate surface area is 117 Å². The van der Waals surface area contributed by atoms with Gasteiger partial charge in [-0.05, 0) is 43.7 Å². The van der Waals surface area contributed by atoms with Crippen molar-refractivity contribution >= 4 is 23.3 Å². The van der Waals surface area contributed by atoms with Gasteiger partial charge in [0.15, 0.2) is 0 Å². The molecule has 1 heterocycles. The topological polar surface area (TPSA) is 71.1 Å². The van der Waals surface area contributed by atoms with Crippen LogP contribution in [0.5, 0.6) is 0 Å². The molecule has 2 N–H and O–H groups in total. The lowest BCUT2D eigenvalue weighted by molar-refractivity contribution is -0.133. The van der Waals surface area contributed by atoms with Crippen molar-refractivity contribution in [3.05, 3.63) is 53.7 Å². The molecule has 1 aromatic heterocycles. The van der Waals surface area contributed by atoms with Gasteiger partial charge in [0, 0.05) is 11.9 Å². The summed E-state index contributed by atoms with van der Waals surface area (Å²) < 4.78 is 0. The van der Waals surface area contributed by atoms with E-state index in [1.807, 2.05) is 32.0 Å². The number of carbonyl (C=O) groups excluding carboxylic acids is 2. The van der Waals surface area contributed by atoms with Gasteiger partial charge in [0.05, 0.1) is 0 Å². The van der Waals surface area contributed by atoms with Crippen LogP contribution in [0.2, 0.25) is 0 Å². The van der Waals surface area contributed by atoms with Gasteiger partial charge in [-0.15, -0.1) is 0 Å². The maximum atomic E-state index is 11.7. The SMILES string of the molecule is Cc1ccc(NC(=O)C(=O)Nc2cc(C)ccn2)cc1. The molecule has 2 amide bonds. The van der Waals surface area contributed by atoms with Crippen LogP contribution < -0.4 is 10.6 Å². The predicted octanol–water partition coefficient (Wildman–Crippen LogP) is 2.28. The monoisotopic (exact) mass is 269 g/mol. The Bertz CT molecular complexity index is 636. The minimum atomic E-state index is -0.747. The molecule has 0 radical (unpaired) electrons. The first-order valence-corrected chi connectivity index (χ1v) is 6.16. The number of pyridine rings is 1. The fraction of sp³-hybridized carbons (Fsp3) is 0.133. The Morgan fingerprint density at radius 3 is 2.20 bits per heavy atom. The largest absolute Gasteiger partial charge is 0.318 e. The van der Waals surface area contributed by atoms with Gasteiger partial charge in [0.2, 0.25) is 0 Å². The zero-order chi connectivity index (χ0) is 14.5. The molecule has 0 aliphatic rings. The quantitative estimate of drug-likeness (QED) is 0.822. The Kier molecular flexibility index (Phi) is 4.10. The molecule has 0 aliphatic heterocycles. The number of anilines is 2. The van der Waals surface area contributed by atoms with Crippen molar-refractivity contribution in [2.75, 3.05) is 10.6 Å². The molecule has 2 aromatic rings. The average Bonchev–Trinajstić information content (AvgIpc) is 2.41.